The molecule has 0 amide bonds. The third kappa shape index (κ3) is 2.10. The summed E-state index contributed by atoms with van der Waals surface area (Å²) in [5, 5.41) is 6.16. The number of aromatic amines is 2. The number of fused-ring (bicyclic) bond motifs is 1. The lowest BCUT2D eigenvalue weighted by molar-refractivity contribution is 0.602. The Morgan fingerprint density at radius 3 is 2.60 bits per heavy atom. The first kappa shape index (κ1) is 12.5. The minimum absolute atomic E-state index is 0.155. The SMILES string of the molecule is CS(=O)(=O)c1cccc2[nH]c(-c3ccc(=O)[nH]n3)nc12. The Balaban J connectivity index is 2.26. The summed E-state index contributed by atoms with van der Waals surface area (Å²) >= 11 is 0. The number of benzene rings is 1. The summed E-state index contributed by atoms with van der Waals surface area (Å²) in [6, 6.07) is 7.71. The topological polar surface area (TPSA) is 109 Å². The molecular formula is C12H10N4O3S. The Labute approximate surface area is 113 Å². The second kappa shape index (κ2) is 4.27. The zero-order chi connectivity index (χ0) is 14.3. The summed E-state index contributed by atoms with van der Waals surface area (Å²) in [6.07, 6.45) is 1.13. The molecule has 0 atom stereocenters. The number of sulfone groups is 1. The van der Waals surface area contributed by atoms with Crippen LogP contribution in [-0.4, -0.2) is 34.8 Å². The first-order valence-corrected chi connectivity index (χ1v) is 7.59. The van der Waals surface area contributed by atoms with Crippen LogP contribution in [0.15, 0.2) is 40.0 Å². The number of hydrogen-bond donors (Lipinski definition) is 2. The van der Waals surface area contributed by atoms with E-state index in [1.807, 2.05) is 0 Å². The van der Waals surface area contributed by atoms with E-state index in [4.69, 9.17) is 0 Å². The van der Waals surface area contributed by atoms with E-state index in [1.165, 1.54) is 18.2 Å². The molecule has 8 heteroatoms. The first-order chi connectivity index (χ1) is 9.45. The van der Waals surface area contributed by atoms with Gasteiger partial charge in [0.15, 0.2) is 15.7 Å². The summed E-state index contributed by atoms with van der Waals surface area (Å²) in [4.78, 5) is 18.4. The fourth-order valence-electron chi connectivity index (χ4n) is 1.90. The average Bonchev–Trinajstić information content (AvgIpc) is 2.81. The fraction of sp³-hybridized carbons (Fsp3) is 0.0833. The van der Waals surface area contributed by atoms with Crippen molar-refractivity contribution in [3.63, 3.8) is 0 Å². The zero-order valence-electron chi connectivity index (χ0n) is 10.4. The van der Waals surface area contributed by atoms with Gasteiger partial charge in [-0.05, 0) is 18.2 Å². The third-order valence-corrected chi connectivity index (χ3v) is 3.93. The number of hydrogen-bond acceptors (Lipinski definition) is 5. The molecule has 0 aliphatic carbocycles. The molecule has 0 fully saturated rings. The van der Waals surface area contributed by atoms with Crippen LogP contribution in [0.5, 0.6) is 0 Å². The minimum atomic E-state index is -3.37. The van der Waals surface area contributed by atoms with Gasteiger partial charge >= 0.3 is 0 Å². The Kier molecular flexibility index (Phi) is 2.68. The van der Waals surface area contributed by atoms with Crippen LogP contribution in [0.4, 0.5) is 0 Å². The fourth-order valence-corrected chi connectivity index (χ4v) is 2.74. The van der Waals surface area contributed by atoms with Gasteiger partial charge in [-0.2, -0.15) is 5.10 Å². The van der Waals surface area contributed by atoms with Gasteiger partial charge in [0.25, 0.3) is 5.56 Å². The van der Waals surface area contributed by atoms with Crippen LogP contribution in [0.2, 0.25) is 0 Å². The van der Waals surface area contributed by atoms with Crippen molar-refractivity contribution in [1.29, 1.82) is 0 Å². The molecule has 3 aromatic rings. The zero-order valence-corrected chi connectivity index (χ0v) is 11.2. The normalized spacial score (nSPS) is 11.8. The van der Waals surface area contributed by atoms with E-state index in [1.54, 1.807) is 12.1 Å². The molecule has 2 aromatic heterocycles. The molecule has 0 saturated carbocycles. The maximum absolute atomic E-state index is 11.7. The average molecular weight is 290 g/mol. The van der Waals surface area contributed by atoms with Crippen molar-refractivity contribution in [2.24, 2.45) is 0 Å². The second-order valence-electron chi connectivity index (χ2n) is 4.32. The van der Waals surface area contributed by atoms with Crippen molar-refractivity contribution in [3.05, 3.63) is 40.7 Å². The molecule has 1 aromatic carbocycles. The Hall–Kier alpha value is -2.48. The predicted molar refractivity (Wildman–Crippen MR) is 73.1 cm³/mol. The molecule has 0 aliphatic heterocycles. The standard InChI is InChI=1S/C12H10N4O3S/c1-20(18,19)9-4-2-3-7-11(9)14-12(13-7)8-5-6-10(17)16-15-8/h2-6H,1H3,(H,13,14)(H,16,17). The van der Waals surface area contributed by atoms with E-state index in [0.29, 0.717) is 22.6 Å². The summed E-state index contributed by atoms with van der Waals surface area (Å²) in [7, 11) is -3.37. The maximum Gasteiger partial charge on any atom is 0.264 e. The molecule has 20 heavy (non-hydrogen) atoms. The van der Waals surface area contributed by atoms with Crippen molar-refractivity contribution < 1.29 is 8.42 Å². The van der Waals surface area contributed by atoms with E-state index >= 15 is 0 Å². The molecule has 0 spiro atoms. The quantitative estimate of drug-likeness (QED) is 0.722. The Morgan fingerprint density at radius 2 is 1.95 bits per heavy atom. The van der Waals surface area contributed by atoms with Crippen LogP contribution in [0, 0.1) is 0 Å². The van der Waals surface area contributed by atoms with E-state index in [-0.39, 0.29) is 10.5 Å². The number of H-pyrrole nitrogens is 2. The van der Waals surface area contributed by atoms with Crippen LogP contribution in [0.25, 0.3) is 22.6 Å². The van der Waals surface area contributed by atoms with Gasteiger partial charge in [0, 0.05) is 12.3 Å². The van der Waals surface area contributed by atoms with Crippen molar-refractivity contribution in [2.75, 3.05) is 6.26 Å². The van der Waals surface area contributed by atoms with Gasteiger partial charge in [-0.25, -0.2) is 18.5 Å². The molecule has 102 valence electrons. The van der Waals surface area contributed by atoms with Crippen molar-refractivity contribution >= 4 is 20.9 Å². The highest BCUT2D eigenvalue weighted by Crippen LogP contribution is 2.23. The van der Waals surface area contributed by atoms with Gasteiger partial charge in [-0.1, -0.05) is 6.07 Å². The molecule has 0 saturated heterocycles. The van der Waals surface area contributed by atoms with E-state index in [0.717, 1.165) is 6.26 Å². The summed E-state index contributed by atoms with van der Waals surface area (Å²) in [6.45, 7) is 0. The molecule has 0 bridgehead atoms. The lowest BCUT2D eigenvalue weighted by Crippen LogP contribution is -2.05. The molecule has 7 nitrogen and oxygen atoms in total. The van der Waals surface area contributed by atoms with Gasteiger partial charge in [0.1, 0.15) is 11.2 Å². The molecule has 2 N–H and O–H groups in total. The summed E-state index contributed by atoms with van der Waals surface area (Å²) in [5.41, 5.74) is 1.07. The number of para-hydroxylation sites is 1. The van der Waals surface area contributed by atoms with E-state index in [2.05, 4.69) is 20.2 Å². The molecule has 0 aliphatic rings. The minimum Gasteiger partial charge on any atom is -0.337 e. The van der Waals surface area contributed by atoms with Crippen LogP contribution >= 0.6 is 0 Å². The van der Waals surface area contributed by atoms with Crippen molar-refractivity contribution in [2.45, 2.75) is 4.90 Å². The van der Waals surface area contributed by atoms with Gasteiger partial charge in [-0.15, -0.1) is 0 Å². The molecule has 0 radical (unpaired) electrons. The lowest BCUT2D eigenvalue weighted by atomic mass is 10.3. The molecule has 2 heterocycles. The van der Waals surface area contributed by atoms with Crippen LogP contribution < -0.4 is 5.56 Å². The van der Waals surface area contributed by atoms with Crippen molar-refractivity contribution in [3.8, 4) is 11.5 Å². The molecular weight excluding hydrogens is 280 g/mol. The number of aromatic nitrogens is 4. The highest BCUT2D eigenvalue weighted by molar-refractivity contribution is 7.91. The highest BCUT2D eigenvalue weighted by atomic mass is 32.2. The third-order valence-electron chi connectivity index (χ3n) is 2.80. The smallest absolute Gasteiger partial charge is 0.264 e. The summed E-state index contributed by atoms with van der Waals surface area (Å²) in [5.74, 6) is 0.396. The van der Waals surface area contributed by atoms with Crippen LogP contribution in [-0.2, 0) is 9.84 Å². The maximum atomic E-state index is 11.7. The molecule has 0 unspecified atom stereocenters. The predicted octanol–water partition coefficient (Wildman–Crippen LogP) is 0.717. The number of nitrogens with one attached hydrogen (secondary N) is 2. The highest BCUT2D eigenvalue weighted by Gasteiger charge is 2.16. The first-order valence-electron chi connectivity index (χ1n) is 5.70. The lowest BCUT2D eigenvalue weighted by Gasteiger charge is -1.97. The van der Waals surface area contributed by atoms with Crippen molar-refractivity contribution in [1.82, 2.24) is 20.2 Å². The summed E-state index contributed by atoms with van der Waals surface area (Å²) < 4.78 is 23.4. The second-order valence-corrected chi connectivity index (χ2v) is 6.30. The van der Waals surface area contributed by atoms with E-state index < -0.39 is 9.84 Å². The Morgan fingerprint density at radius 1 is 1.15 bits per heavy atom. The number of imidazole rings is 1. The van der Waals surface area contributed by atoms with Gasteiger partial charge in [-0.3, -0.25) is 4.79 Å². The number of rotatable bonds is 2. The van der Waals surface area contributed by atoms with Gasteiger partial charge in [0.05, 0.1) is 10.4 Å². The largest absolute Gasteiger partial charge is 0.337 e. The number of nitrogens with zero attached hydrogens (tertiary/aromatic N) is 2. The van der Waals surface area contributed by atoms with Crippen LogP contribution in [0.1, 0.15) is 0 Å². The van der Waals surface area contributed by atoms with E-state index in [9.17, 15) is 13.2 Å². The van der Waals surface area contributed by atoms with Gasteiger partial charge < -0.3 is 4.98 Å². The monoisotopic (exact) mass is 290 g/mol. The van der Waals surface area contributed by atoms with Gasteiger partial charge in [0.2, 0.25) is 0 Å². The van der Waals surface area contributed by atoms with Crippen LogP contribution in [0.3, 0.4) is 0 Å². The Bertz CT molecular complexity index is 936. The molecule has 3 rings (SSSR count).